The van der Waals surface area contributed by atoms with Crippen LogP contribution in [0.2, 0.25) is 0 Å². The summed E-state index contributed by atoms with van der Waals surface area (Å²) in [5.41, 5.74) is 4.15. The summed E-state index contributed by atoms with van der Waals surface area (Å²) in [4.78, 5) is 17.6. The van der Waals surface area contributed by atoms with E-state index in [1.807, 2.05) is 0 Å². The van der Waals surface area contributed by atoms with Gasteiger partial charge >= 0.3 is 0 Å². The van der Waals surface area contributed by atoms with E-state index >= 15 is 0 Å². The number of morpholine rings is 1. The molecule has 0 aromatic heterocycles. The Bertz CT molecular complexity index is 610. The van der Waals surface area contributed by atoms with Gasteiger partial charge in [0, 0.05) is 32.2 Å². The van der Waals surface area contributed by atoms with Crippen LogP contribution in [0.4, 0.5) is 0 Å². The topological polar surface area (TPSA) is 32.8 Å². The van der Waals surface area contributed by atoms with Gasteiger partial charge < -0.3 is 9.64 Å². The Labute approximate surface area is 151 Å². The summed E-state index contributed by atoms with van der Waals surface area (Å²) in [7, 11) is 0. The highest BCUT2D eigenvalue weighted by Gasteiger charge is 2.28. The number of hydrogen-bond donors (Lipinski definition) is 0. The van der Waals surface area contributed by atoms with E-state index in [0.29, 0.717) is 18.4 Å². The van der Waals surface area contributed by atoms with Crippen LogP contribution in [0, 0.1) is 0 Å². The number of amides is 1. The standard InChI is InChI=1S/C21H30N2O2/c24-21(15-17-7-8-18-4-3-5-19(18)14-17)23-9-2-1-6-20(23)16-22-10-12-25-13-11-22/h7-8,14,20H,1-6,9-13,15-16H2. The van der Waals surface area contributed by atoms with Gasteiger partial charge in [0.15, 0.2) is 0 Å². The quantitative estimate of drug-likeness (QED) is 0.842. The number of hydrogen-bond acceptors (Lipinski definition) is 3. The number of benzene rings is 1. The molecule has 1 aromatic carbocycles. The predicted octanol–water partition coefficient (Wildman–Crippen LogP) is 2.43. The summed E-state index contributed by atoms with van der Waals surface area (Å²) in [5.74, 6) is 0.316. The molecular weight excluding hydrogens is 312 g/mol. The first kappa shape index (κ1) is 17.0. The van der Waals surface area contributed by atoms with E-state index in [9.17, 15) is 4.79 Å². The smallest absolute Gasteiger partial charge is 0.227 e. The number of ether oxygens (including phenoxy) is 1. The summed E-state index contributed by atoms with van der Waals surface area (Å²) in [6.45, 7) is 5.61. The lowest BCUT2D eigenvalue weighted by molar-refractivity contribution is -0.134. The highest BCUT2D eigenvalue weighted by atomic mass is 16.5. The fraction of sp³-hybridized carbons (Fsp3) is 0.667. The molecule has 4 nitrogen and oxygen atoms in total. The van der Waals surface area contributed by atoms with E-state index < -0.39 is 0 Å². The molecule has 136 valence electrons. The molecule has 25 heavy (non-hydrogen) atoms. The number of rotatable bonds is 4. The van der Waals surface area contributed by atoms with Crippen LogP contribution >= 0.6 is 0 Å². The van der Waals surface area contributed by atoms with Gasteiger partial charge in [-0.2, -0.15) is 0 Å². The van der Waals surface area contributed by atoms with Gasteiger partial charge in [0.1, 0.15) is 0 Å². The number of fused-ring (bicyclic) bond motifs is 1. The summed E-state index contributed by atoms with van der Waals surface area (Å²) >= 11 is 0. The Morgan fingerprint density at radius 2 is 1.88 bits per heavy atom. The van der Waals surface area contributed by atoms with Gasteiger partial charge in [0.25, 0.3) is 0 Å². The molecule has 2 heterocycles. The number of carbonyl (C=O) groups excluding carboxylic acids is 1. The largest absolute Gasteiger partial charge is 0.379 e. The summed E-state index contributed by atoms with van der Waals surface area (Å²) in [6, 6.07) is 7.07. The molecule has 4 heteroatoms. The Balaban J connectivity index is 1.40. The molecule has 0 saturated carbocycles. The average Bonchev–Trinajstić information content (AvgIpc) is 3.11. The Morgan fingerprint density at radius 3 is 2.76 bits per heavy atom. The maximum Gasteiger partial charge on any atom is 0.227 e. The van der Waals surface area contributed by atoms with E-state index in [-0.39, 0.29) is 0 Å². The molecule has 3 aliphatic rings. The minimum Gasteiger partial charge on any atom is -0.379 e. The van der Waals surface area contributed by atoms with Gasteiger partial charge in [-0.1, -0.05) is 18.2 Å². The van der Waals surface area contributed by atoms with Crippen molar-refractivity contribution in [2.45, 2.75) is 51.0 Å². The lowest BCUT2D eigenvalue weighted by Gasteiger charge is -2.39. The molecule has 1 aliphatic carbocycles. The zero-order valence-electron chi connectivity index (χ0n) is 15.2. The van der Waals surface area contributed by atoms with E-state index in [1.54, 1.807) is 0 Å². The van der Waals surface area contributed by atoms with Gasteiger partial charge in [-0.3, -0.25) is 9.69 Å². The van der Waals surface area contributed by atoms with Crippen molar-refractivity contribution in [3.8, 4) is 0 Å². The lowest BCUT2D eigenvalue weighted by Crippen LogP contribution is -2.51. The van der Waals surface area contributed by atoms with E-state index in [4.69, 9.17) is 4.74 Å². The number of carbonyl (C=O) groups is 1. The summed E-state index contributed by atoms with van der Waals surface area (Å²) < 4.78 is 5.46. The second-order valence-electron chi connectivity index (χ2n) is 7.78. The molecule has 1 unspecified atom stereocenters. The molecule has 1 amide bonds. The van der Waals surface area contributed by atoms with E-state index in [0.717, 1.165) is 52.2 Å². The molecule has 1 atom stereocenters. The molecule has 1 aromatic rings. The molecule has 4 rings (SSSR count). The lowest BCUT2D eigenvalue weighted by atomic mass is 9.99. The van der Waals surface area contributed by atoms with Crippen molar-refractivity contribution < 1.29 is 9.53 Å². The molecule has 0 bridgehead atoms. The maximum atomic E-state index is 13.0. The predicted molar refractivity (Wildman–Crippen MR) is 98.8 cm³/mol. The summed E-state index contributed by atoms with van der Waals surface area (Å²) in [5, 5.41) is 0. The van der Waals surface area contributed by atoms with Crippen LogP contribution in [0.25, 0.3) is 0 Å². The third kappa shape index (κ3) is 4.06. The minimum absolute atomic E-state index is 0.316. The zero-order chi connectivity index (χ0) is 17.1. The normalized spacial score (nSPS) is 24.3. The van der Waals surface area contributed by atoms with Crippen LogP contribution in [0.15, 0.2) is 18.2 Å². The van der Waals surface area contributed by atoms with Gasteiger partial charge in [-0.05, 0) is 55.2 Å². The van der Waals surface area contributed by atoms with E-state index in [1.165, 1.54) is 42.4 Å². The maximum absolute atomic E-state index is 13.0. The first-order valence-corrected chi connectivity index (χ1v) is 10.00. The highest BCUT2D eigenvalue weighted by Crippen LogP contribution is 2.24. The van der Waals surface area contributed by atoms with Crippen LogP contribution in [0.5, 0.6) is 0 Å². The number of likely N-dealkylation sites (tertiary alicyclic amines) is 1. The molecule has 0 spiro atoms. The van der Waals surface area contributed by atoms with Crippen molar-refractivity contribution in [3.63, 3.8) is 0 Å². The summed E-state index contributed by atoms with van der Waals surface area (Å²) in [6.07, 6.45) is 7.76. The van der Waals surface area contributed by atoms with Crippen LogP contribution < -0.4 is 0 Å². The zero-order valence-corrected chi connectivity index (χ0v) is 15.2. The third-order valence-electron chi connectivity index (χ3n) is 6.04. The minimum atomic E-state index is 0.316. The Hall–Kier alpha value is -1.39. The van der Waals surface area contributed by atoms with Crippen molar-refractivity contribution in [1.82, 2.24) is 9.80 Å². The van der Waals surface area contributed by atoms with Crippen LogP contribution in [-0.4, -0.2) is 61.1 Å². The monoisotopic (exact) mass is 342 g/mol. The van der Waals surface area contributed by atoms with Crippen molar-refractivity contribution in [2.24, 2.45) is 0 Å². The average molecular weight is 342 g/mol. The molecule has 0 radical (unpaired) electrons. The second-order valence-corrected chi connectivity index (χ2v) is 7.78. The highest BCUT2D eigenvalue weighted by molar-refractivity contribution is 5.79. The molecular formula is C21H30N2O2. The molecule has 2 fully saturated rings. The van der Waals surface area contributed by atoms with Gasteiger partial charge in [-0.25, -0.2) is 0 Å². The van der Waals surface area contributed by atoms with Crippen molar-refractivity contribution >= 4 is 5.91 Å². The van der Waals surface area contributed by atoms with Gasteiger partial charge in [-0.15, -0.1) is 0 Å². The second kappa shape index (κ2) is 7.88. The Morgan fingerprint density at radius 1 is 1.04 bits per heavy atom. The van der Waals surface area contributed by atoms with Crippen LogP contribution in [0.3, 0.4) is 0 Å². The SMILES string of the molecule is O=C(Cc1ccc2c(c1)CCC2)N1CCCCC1CN1CCOCC1. The van der Waals surface area contributed by atoms with Crippen molar-refractivity contribution in [2.75, 3.05) is 39.4 Å². The first-order chi connectivity index (χ1) is 12.3. The van der Waals surface area contributed by atoms with Crippen molar-refractivity contribution in [1.29, 1.82) is 0 Å². The fourth-order valence-corrected chi connectivity index (χ4v) is 4.61. The number of aryl methyl sites for hydroxylation is 2. The molecule has 0 N–H and O–H groups in total. The van der Waals surface area contributed by atoms with Crippen molar-refractivity contribution in [3.05, 3.63) is 34.9 Å². The number of nitrogens with zero attached hydrogens (tertiary/aromatic N) is 2. The number of piperidine rings is 1. The third-order valence-corrected chi connectivity index (χ3v) is 6.04. The first-order valence-electron chi connectivity index (χ1n) is 10.00. The fourth-order valence-electron chi connectivity index (χ4n) is 4.61. The molecule has 2 aliphatic heterocycles. The molecule has 2 saturated heterocycles. The van der Waals surface area contributed by atoms with E-state index in [2.05, 4.69) is 28.0 Å². The van der Waals surface area contributed by atoms with Gasteiger partial charge in [0.2, 0.25) is 5.91 Å². The van der Waals surface area contributed by atoms with Gasteiger partial charge in [0.05, 0.1) is 19.6 Å². The van der Waals surface area contributed by atoms with Crippen LogP contribution in [0.1, 0.15) is 42.4 Å². The van der Waals surface area contributed by atoms with Crippen LogP contribution in [-0.2, 0) is 28.8 Å². The Kier molecular flexibility index (Phi) is 5.37.